The summed E-state index contributed by atoms with van der Waals surface area (Å²) in [5.74, 6) is -0.666. The van der Waals surface area contributed by atoms with Crippen LogP contribution in [0.2, 0.25) is 10.0 Å². The van der Waals surface area contributed by atoms with Crippen molar-refractivity contribution in [3.05, 3.63) is 62.5 Å². The van der Waals surface area contributed by atoms with Gasteiger partial charge in [-0.1, -0.05) is 35.3 Å². The second-order valence-electron chi connectivity index (χ2n) is 5.71. The highest BCUT2D eigenvalue weighted by molar-refractivity contribution is 7.95. The van der Waals surface area contributed by atoms with E-state index in [0.29, 0.717) is 34.3 Å². The molecule has 0 aromatic heterocycles. The van der Waals surface area contributed by atoms with Gasteiger partial charge in [0.25, 0.3) is 5.91 Å². The van der Waals surface area contributed by atoms with E-state index in [-0.39, 0.29) is 5.02 Å². The Balaban J connectivity index is 2.44. The van der Waals surface area contributed by atoms with Crippen molar-refractivity contribution in [3.63, 3.8) is 0 Å². The molecule has 9 heteroatoms. The van der Waals surface area contributed by atoms with E-state index >= 15 is 0 Å². The highest BCUT2D eigenvalue weighted by Crippen LogP contribution is 2.30. The van der Waals surface area contributed by atoms with Gasteiger partial charge in [-0.25, -0.2) is 8.42 Å². The molecule has 2 rings (SSSR count). The first kappa shape index (κ1) is 22.1. The number of carbonyl (C=O) groups excluding carboxylic acids is 1. The zero-order chi connectivity index (χ0) is 20.9. The van der Waals surface area contributed by atoms with Crippen molar-refractivity contribution in [1.82, 2.24) is 0 Å². The fourth-order valence-electron chi connectivity index (χ4n) is 2.44. The number of carbonyl (C=O) groups is 1. The largest absolute Gasteiger partial charge is 0.493 e. The molecule has 0 saturated carbocycles. The summed E-state index contributed by atoms with van der Waals surface area (Å²) in [6, 6.07) is 9.21. The summed E-state index contributed by atoms with van der Waals surface area (Å²) in [6.45, 7) is 2.27. The third-order valence-electron chi connectivity index (χ3n) is 3.72. The van der Waals surface area contributed by atoms with Crippen LogP contribution in [0.3, 0.4) is 0 Å². The summed E-state index contributed by atoms with van der Waals surface area (Å²) < 4.78 is 36.2. The van der Waals surface area contributed by atoms with Gasteiger partial charge in [0.1, 0.15) is 4.91 Å². The van der Waals surface area contributed by atoms with E-state index in [4.69, 9.17) is 38.4 Å². The first-order chi connectivity index (χ1) is 13.2. The average molecular weight is 444 g/mol. The predicted octanol–water partition coefficient (Wildman–Crippen LogP) is 3.84. The van der Waals surface area contributed by atoms with E-state index in [1.54, 1.807) is 18.2 Å². The van der Waals surface area contributed by atoms with Gasteiger partial charge in [-0.3, -0.25) is 4.79 Å². The van der Waals surface area contributed by atoms with Gasteiger partial charge in [0.05, 0.1) is 19.5 Å². The number of hydrogen-bond acceptors (Lipinski definition) is 5. The molecule has 0 aliphatic heterocycles. The van der Waals surface area contributed by atoms with Gasteiger partial charge in [-0.15, -0.1) is 0 Å². The fraction of sp³-hybridized carbons (Fsp3) is 0.211. The molecule has 0 aliphatic carbocycles. The van der Waals surface area contributed by atoms with Crippen LogP contribution in [-0.2, 0) is 20.4 Å². The average Bonchev–Trinajstić information content (AvgIpc) is 2.62. The van der Waals surface area contributed by atoms with Crippen molar-refractivity contribution >= 4 is 45.0 Å². The van der Waals surface area contributed by atoms with Crippen LogP contribution in [0.1, 0.15) is 18.1 Å². The van der Waals surface area contributed by atoms with Crippen molar-refractivity contribution in [3.8, 4) is 11.5 Å². The number of benzene rings is 2. The topological polar surface area (TPSA) is 95.7 Å². The minimum absolute atomic E-state index is 0.183. The molecule has 0 aliphatic rings. The molecule has 0 atom stereocenters. The number of ether oxygens (including phenoxy) is 2. The van der Waals surface area contributed by atoms with Crippen molar-refractivity contribution in [2.24, 2.45) is 5.73 Å². The van der Waals surface area contributed by atoms with Crippen LogP contribution < -0.4 is 15.2 Å². The van der Waals surface area contributed by atoms with E-state index in [1.165, 1.54) is 31.4 Å². The molecule has 2 N–H and O–H groups in total. The molecule has 0 saturated heterocycles. The summed E-state index contributed by atoms with van der Waals surface area (Å²) in [6.07, 6.45) is 1.19. The molecule has 2 aromatic rings. The first-order valence-electron chi connectivity index (χ1n) is 8.17. The standard InChI is InChI=1S/C19H19Cl2NO5S/c1-3-27-16-7-4-12(8-17(16)26-2)9-18(19(22)23)28(24,25)11-13-5-6-14(20)10-15(13)21/h4-10H,3,11H2,1-2H3,(H2,22,23). The number of methoxy groups -OCH3 is 1. The van der Waals surface area contributed by atoms with Gasteiger partial charge < -0.3 is 15.2 Å². The van der Waals surface area contributed by atoms with E-state index in [9.17, 15) is 13.2 Å². The summed E-state index contributed by atoms with van der Waals surface area (Å²) >= 11 is 11.9. The van der Waals surface area contributed by atoms with Gasteiger partial charge in [-0.05, 0) is 48.4 Å². The lowest BCUT2D eigenvalue weighted by atomic mass is 10.2. The molecule has 0 heterocycles. The molecule has 1 amide bonds. The number of rotatable bonds is 8. The molecule has 6 nitrogen and oxygen atoms in total. The van der Waals surface area contributed by atoms with Gasteiger partial charge >= 0.3 is 0 Å². The monoisotopic (exact) mass is 443 g/mol. The minimum Gasteiger partial charge on any atom is -0.493 e. The highest BCUT2D eigenvalue weighted by Gasteiger charge is 2.25. The van der Waals surface area contributed by atoms with Crippen LogP contribution in [0, 0.1) is 0 Å². The molecule has 0 unspecified atom stereocenters. The van der Waals surface area contributed by atoms with Crippen molar-refractivity contribution in [2.75, 3.05) is 13.7 Å². The van der Waals surface area contributed by atoms with Crippen LogP contribution in [0.4, 0.5) is 0 Å². The summed E-state index contributed by atoms with van der Waals surface area (Å²) in [5.41, 5.74) is 6.06. The smallest absolute Gasteiger partial charge is 0.260 e. The summed E-state index contributed by atoms with van der Waals surface area (Å²) in [5, 5.41) is 0.556. The molecule has 150 valence electrons. The second kappa shape index (κ2) is 9.32. The zero-order valence-corrected chi connectivity index (χ0v) is 17.6. The van der Waals surface area contributed by atoms with E-state index in [0.717, 1.165) is 0 Å². The number of nitrogens with two attached hydrogens (primary N) is 1. The SMILES string of the molecule is CCOc1ccc(C=C(C(N)=O)S(=O)(=O)Cc2ccc(Cl)cc2Cl)cc1OC. The number of hydrogen-bond donors (Lipinski definition) is 1. The molecule has 2 aromatic carbocycles. The van der Waals surface area contributed by atoms with Crippen molar-refractivity contribution in [2.45, 2.75) is 12.7 Å². The lowest BCUT2D eigenvalue weighted by Gasteiger charge is -2.11. The maximum absolute atomic E-state index is 12.8. The Hall–Kier alpha value is -2.22. The van der Waals surface area contributed by atoms with Crippen LogP contribution in [-0.4, -0.2) is 28.0 Å². The molecule has 0 fully saturated rings. The van der Waals surface area contributed by atoms with Crippen LogP contribution in [0.5, 0.6) is 11.5 Å². The third-order valence-corrected chi connectivity index (χ3v) is 5.99. The summed E-state index contributed by atoms with van der Waals surface area (Å²) in [7, 11) is -2.60. The maximum Gasteiger partial charge on any atom is 0.260 e. The maximum atomic E-state index is 12.8. The van der Waals surface area contributed by atoms with E-state index < -0.39 is 26.4 Å². The van der Waals surface area contributed by atoms with Crippen LogP contribution in [0.15, 0.2) is 41.3 Å². The number of amides is 1. The van der Waals surface area contributed by atoms with Crippen LogP contribution >= 0.6 is 23.2 Å². The molecular formula is C19H19Cl2NO5S. The Morgan fingerprint density at radius 3 is 2.43 bits per heavy atom. The Morgan fingerprint density at radius 1 is 1.14 bits per heavy atom. The van der Waals surface area contributed by atoms with Gasteiger partial charge in [0.15, 0.2) is 21.3 Å². The van der Waals surface area contributed by atoms with Crippen molar-refractivity contribution < 1.29 is 22.7 Å². The predicted molar refractivity (Wildman–Crippen MR) is 110 cm³/mol. The Morgan fingerprint density at radius 2 is 1.86 bits per heavy atom. The highest BCUT2D eigenvalue weighted by atomic mass is 35.5. The van der Waals surface area contributed by atoms with Gasteiger partial charge in [-0.2, -0.15) is 0 Å². The van der Waals surface area contributed by atoms with E-state index in [1.807, 2.05) is 6.92 Å². The molecule has 0 spiro atoms. The fourth-order valence-corrected chi connectivity index (χ4v) is 4.43. The molecular weight excluding hydrogens is 425 g/mol. The molecule has 28 heavy (non-hydrogen) atoms. The zero-order valence-electron chi connectivity index (χ0n) is 15.2. The quantitative estimate of drug-likeness (QED) is 0.625. The Kier molecular flexibility index (Phi) is 7.35. The van der Waals surface area contributed by atoms with Gasteiger partial charge in [0, 0.05) is 10.0 Å². The van der Waals surface area contributed by atoms with E-state index in [2.05, 4.69) is 0 Å². The first-order valence-corrected chi connectivity index (χ1v) is 10.6. The second-order valence-corrected chi connectivity index (χ2v) is 8.51. The lowest BCUT2D eigenvalue weighted by Crippen LogP contribution is -2.22. The number of halogens is 2. The van der Waals surface area contributed by atoms with Crippen LogP contribution in [0.25, 0.3) is 6.08 Å². The molecule has 0 bridgehead atoms. The third kappa shape index (κ3) is 5.41. The van der Waals surface area contributed by atoms with Gasteiger partial charge in [0.2, 0.25) is 0 Å². The minimum atomic E-state index is -4.06. The Bertz CT molecular complexity index is 1020. The lowest BCUT2D eigenvalue weighted by molar-refractivity contribution is -0.113. The molecule has 0 radical (unpaired) electrons. The number of sulfone groups is 1. The Labute approximate surface area is 173 Å². The van der Waals surface area contributed by atoms with Crippen molar-refractivity contribution in [1.29, 1.82) is 0 Å². The normalized spacial score (nSPS) is 11.9. The summed E-state index contributed by atoms with van der Waals surface area (Å²) in [4.78, 5) is 11.3. The number of primary amides is 1.